The number of aryl methyl sites for hydroxylation is 1. The van der Waals surface area contributed by atoms with Crippen LogP contribution in [0.5, 0.6) is 0 Å². The summed E-state index contributed by atoms with van der Waals surface area (Å²) in [4.78, 5) is 21.5. The summed E-state index contributed by atoms with van der Waals surface area (Å²) >= 11 is 0. The highest BCUT2D eigenvalue weighted by atomic mass is 19.1. The Bertz CT molecular complexity index is 1320. The maximum absolute atomic E-state index is 13.2. The number of halogens is 2. The molecule has 0 saturated heterocycles. The minimum atomic E-state index is -0.965. The molecule has 2 N–H and O–H groups in total. The van der Waals surface area contributed by atoms with E-state index in [4.69, 9.17) is 10.2 Å². The highest BCUT2D eigenvalue weighted by Gasteiger charge is 2.11. The van der Waals surface area contributed by atoms with Crippen molar-refractivity contribution in [2.24, 2.45) is 0 Å². The number of rotatable bonds is 6. The number of carboxylic acids is 2. The molecular weight excluding hydrogens is 450 g/mol. The molecule has 0 heterocycles. The number of carboxylic acid groups (broad SMARTS) is 2. The fourth-order valence-electron chi connectivity index (χ4n) is 3.66. The highest BCUT2D eigenvalue weighted by Crippen LogP contribution is 2.26. The van der Waals surface area contributed by atoms with Gasteiger partial charge in [-0.25, -0.2) is 8.78 Å². The van der Waals surface area contributed by atoms with Crippen molar-refractivity contribution < 1.29 is 28.6 Å². The molecular formula is C29H24F2O4. The predicted octanol–water partition coefficient (Wildman–Crippen LogP) is 6.55. The molecule has 4 nitrogen and oxygen atoms in total. The maximum atomic E-state index is 13.2. The van der Waals surface area contributed by atoms with Gasteiger partial charge in [-0.3, -0.25) is 9.59 Å². The van der Waals surface area contributed by atoms with E-state index in [0.717, 1.165) is 27.8 Å². The number of hydrogen-bond acceptors (Lipinski definition) is 2. The zero-order valence-corrected chi connectivity index (χ0v) is 19.0. The molecule has 0 aliphatic carbocycles. The van der Waals surface area contributed by atoms with Crippen molar-refractivity contribution in [3.8, 4) is 22.3 Å². The predicted molar refractivity (Wildman–Crippen MR) is 131 cm³/mol. The second-order valence-electron chi connectivity index (χ2n) is 7.98. The second kappa shape index (κ2) is 11.7. The van der Waals surface area contributed by atoms with E-state index in [1.54, 1.807) is 12.1 Å². The Hall–Kier alpha value is -4.32. The summed E-state index contributed by atoms with van der Waals surface area (Å²) in [6.45, 7) is 1.98. The Morgan fingerprint density at radius 2 is 1.06 bits per heavy atom. The van der Waals surface area contributed by atoms with E-state index in [-0.39, 0.29) is 12.8 Å². The normalized spacial score (nSPS) is 10.3. The zero-order valence-electron chi connectivity index (χ0n) is 19.0. The van der Waals surface area contributed by atoms with Crippen molar-refractivity contribution in [2.45, 2.75) is 19.8 Å². The van der Waals surface area contributed by atoms with Gasteiger partial charge in [0.15, 0.2) is 0 Å². The van der Waals surface area contributed by atoms with Crippen LogP contribution in [0.4, 0.5) is 8.78 Å². The first kappa shape index (κ1) is 25.3. The third kappa shape index (κ3) is 7.33. The molecule has 4 aromatic rings. The first-order valence-electron chi connectivity index (χ1n) is 10.9. The average Bonchev–Trinajstić information content (AvgIpc) is 2.80. The summed E-state index contributed by atoms with van der Waals surface area (Å²) in [5, 5.41) is 17.7. The molecule has 0 fully saturated rings. The minimum Gasteiger partial charge on any atom is -0.481 e. The van der Waals surface area contributed by atoms with Crippen molar-refractivity contribution in [2.75, 3.05) is 0 Å². The fraction of sp³-hybridized carbons (Fsp3) is 0.103. The van der Waals surface area contributed by atoms with E-state index >= 15 is 0 Å². The molecule has 0 atom stereocenters. The van der Waals surface area contributed by atoms with Crippen LogP contribution >= 0.6 is 0 Å². The van der Waals surface area contributed by atoms with Crippen LogP contribution in [-0.4, -0.2) is 22.2 Å². The van der Waals surface area contributed by atoms with Gasteiger partial charge in [-0.1, -0.05) is 72.3 Å². The largest absolute Gasteiger partial charge is 0.481 e. The Morgan fingerprint density at radius 3 is 1.49 bits per heavy atom. The second-order valence-corrected chi connectivity index (χ2v) is 7.98. The Morgan fingerprint density at radius 1 is 0.629 bits per heavy atom. The number of carbonyl (C=O) groups is 2. The van der Waals surface area contributed by atoms with Crippen LogP contribution in [0.1, 0.15) is 16.7 Å². The number of aliphatic carboxylic acids is 2. The van der Waals surface area contributed by atoms with Gasteiger partial charge in [-0.05, 0) is 64.6 Å². The Balaban J connectivity index is 0.000000196. The van der Waals surface area contributed by atoms with Crippen LogP contribution in [-0.2, 0) is 22.4 Å². The van der Waals surface area contributed by atoms with E-state index in [0.29, 0.717) is 11.1 Å². The first-order chi connectivity index (χ1) is 16.7. The van der Waals surface area contributed by atoms with Gasteiger partial charge < -0.3 is 10.2 Å². The molecule has 0 spiro atoms. The van der Waals surface area contributed by atoms with Gasteiger partial charge in [-0.2, -0.15) is 0 Å². The van der Waals surface area contributed by atoms with E-state index < -0.39 is 23.6 Å². The van der Waals surface area contributed by atoms with Crippen molar-refractivity contribution in [3.63, 3.8) is 0 Å². The van der Waals surface area contributed by atoms with Gasteiger partial charge in [-0.15, -0.1) is 0 Å². The monoisotopic (exact) mass is 474 g/mol. The molecule has 178 valence electrons. The lowest BCUT2D eigenvalue weighted by Gasteiger charge is -2.08. The van der Waals surface area contributed by atoms with Gasteiger partial charge in [0, 0.05) is 0 Å². The molecule has 0 saturated carbocycles. The molecule has 0 aliphatic rings. The molecule has 0 aliphatic heterocycles. The van der Waals surface area contributed by atoms with Gasteiger partial charge in [0.25, 0.3) is 0 Å². The van der Waals surface area contributed by atoms with Crippen LogP contribution in [0.25, 0.3) is 22.3 Å². The van der Waals surface area contributed by atoms with Crippen LogP contribution in [0, 0.1) is 18.6 Å². The Labute approximate surface area is 202 Å². The molecule has 0 bridgehead atoms. The molecule has 4 aromatic carbocycles. The molecule has 4 rings (SSSR count). The minimum absolute atomic E-state index is 0.179. The van der Waals surface area contributed by atoms with Crippen molar-refractivity contribution >= 4 is 11.9 Å². The lowest BCUT2D eigenvalue weighted by molar-refractivity contribution is -0.137. The Kier molecular flexibility index (Phi) is 8.46. The average molecular weight is 475 g/mol. The van der Waals surface area contributed by atoms with Gasteiger partial charge in [0.1, 0.15) is 11.6 Å². The summed E-state index contributed by atoms with van der Waals surface area (Å²) in [5.74, 6) is -2.76. The number of hydrogen-bond donors (Lipinski definition) is 2. The quantitative estimate of drug-likeness (QED) is 0.332. The van der Waals surface area contributed by atoms with E-state index in [2.05, 4.69) is 0 Å². The molecule has 0 amide bonds. The van der Waals surface area contributed by atoms with Gasteiger partial charge in [0.05, 0.1) is 12.8 Å². The summed E-state index contributed by atoms with van der Waals surface area (Å²) in [5.41, 5.74) is 5.42. The smallest absolute Gasteiger partial charge is 0.307 e. The SMILES string of the molecule is Cc1ccc(-c2ccc(F)cc2CC(=O)O)cc1.O=C(O)Cc1cc(F)ccc1-c1ccccc1. The van der Waals surface area contributed by atoms with E-state index in [9.17, 15) is 18.4 Å². The van der Waals surface area contributed by atoms with Crippen molar-refractivity contribution in [1.82, 2.24) is 0 Å². The molecule has 0 unspecified atom stereocenters. The molecule has 6 heteroatoms. The van der Waals surface area contributed by atoms with Crippen LogP contribution in [0.2, 0.25) is 0 Å². The maximum Gasteiger partial charge on any atom is 0.307 e. The summed E-state index contributed by atoms with van der Waals surface area (Å²) in [6, 6.07) is 25.6. The third-order valence-electron chi connectivity index (χ3n) is 5.27. The van der Waals surface area contributed by atoms with E-state index in [1.807, 2.05) is 61.5 Å². The van der Waals surface area contributed by atoms with Crippen LogP contribution in [0.15, 0.2) is 91.0 Å². The zero-order chi connectivity index (χ0) is 25.4. The summed E-state index contributed by atoms with van der Waals surface area (Å²) in [6.07, 6.45) is -0.358. The molecule has 0 radical (unpaired) electrons. The summed E-state index contributed by atoms with van der Waals surface area (Å²) in [7, 11) is 0. The summed E-state index contributed by atoms with van der Waals surface area (Å²) < 4.78 is 26.3. The van der Waals surface area contributed by atoms with E-state index in [1.165, 1.54) is 24.3 Å². The molecule has 35 heavy (non-hydrogen) atoms. The highest BCUT2D eigenvalue weighted by molar-refractivity contribution is 5.77. The van der Waals surface area contributed by atoms with Gasteiger partial charge >= 0.3 is 11.9 Å². The third-order valence-corrected chi connectivity index (χ3v) is 5.27. The van der Waals surface area contributed by atoms with Crippen molar-refractivity contribution in [1.29, 1.82) is 0 Å². The van der Waals surface area contributed by atoms with Crippen LogP contribution < -0.4 is 0 Å². The number of benzene rings is 4. The standard InChI is InChI=1S/C15H13FO2.C14H11FO2/c1-10-2-4-11(5-3-10)14-7-6-13(16)8-12(14)9-15(17)18;15-12-6-7-13(10-4-2-1-3-5-10)11(8-12)9-14(16)17/h2-8H,9H2,1H3,(H,17,18);1-8H,9H2,(H,16,17). The van der Waals surface area contributed by atoms with Crippen LogP contribution in [0.3, 0.4) is 0 Å². The van der Waals surface area contributed by atoms with Crippen molar-refractivity contribution in [3.05, 3.63) is 119 Å². The lowest BCUT2D eigenvalue weighted by Crippen LogP contribution is -2.02. The topological polar surface area (TPSA) is 74.6 Å². The fourth-order valence-corrected chi connectivity index (χ4v) is 3.66. The molecule has 0 aromatic heterocycles. The first-order valence-corrected chi connectivity index (χ1v) is 10.9. The lowest BCUT2D eigenvalue weighted by atomic mass is 9.97. The van der Waals surface area contributed by atoms with Gasteiger partial charge in [0.2, 0.25) is 0 Å².